The zero-order valence-corrected chi connectivity index (χ0v) is 16.0. The summed E-state index contributed by atoms with van der Waals surface area (Å²) < 4.78 is 5.69. The Kier molecular flexibility index (Phi) is 6.47. The second kappa shape index (κ2) is 9.21. The van der Waals surface area contributed by atoms with Crippen LogP contribution in [0.1, 0.15) is 6.42 Å². The Labute approximate surface area is 171 Å². The van der Waals surface area contributed by atoms with E-state index in [-0.39, 0.29) is 6.42 Å². The number of halogens is 2. The Morgan fingerprint density at radius 1 is 0.893 bits per heavy atom. The van der Waals surface area contributed by atoms with Gasteiger partial charge in [0.1, 0.15) is 17.9 Å². The third-order valence-corrected chi connectivity index (χ3v) is 4.08. The van der Waals surface area contributed by atoms with E-state index in [9.17, 15) is 9.59 Å². The lowest BCUT2D eigenvalue weighted by Crippen LogP contribution is -2.21. The fourth-order valence-electron chi connectivity index (χ4n) is 2.32. The molecule has 0 fully saturated rings. The molecule has 2 N–H and O–H groups in total. The number of nitrogens with one attached hydrogen (secondary N) is 2. The number of nitrogens with zero attached hydrogens (tertiary/aromatic N) is 1. The van der Waals surface area contributed by atoms with Gasteiger partial charge >= 0.3 is 0 Å². The van der Waals surface area contributed by atoms with Crippen LogP contribution in [0.25, 0.3) is 0 Å². The van der Waals surface area contributed by atoms with E-state index in [2.05, 4.69) is 15.6 Å². The van der Waals surface area contributed by atoms with Gasteiger partial charge in [0.05, 0.1) is 10.7 Å². The minimum absolute atomic E-state index is 0.294. The molecule has 3 rings (SSSR count). The van der Waals surface area contributed by atoms with E-state index in [1.165, 1.54) is 6.07 Å². The molecule has 0 spiro atoms. The maximum atomic E-state index is 12.1. The van der Waals surface area contributed by atoms with Crippen molar-refractivity contribution in [2.24, 2.45) is 0 Å². The molecular weight excluding hydrogens is 401 g/mol. The normalized spacial score (nSPS) is 10.2. The van der Waals surface area contributed by atoms with Crippen molar-refractivity contribution in [1.82, 2.24) is 4.98 Å². The van der Waals surface area contributed by atoms with E-state index in [1.54, 1.807) is 60.9 Å². The summed E-state index contributed by atoms with van der Waals surface area (Å²) in [6.45, 7) is 0. The lowest BCUT2D eigenvalue weighted by Gasteiger charge is -2.10. The molecule has 0 saturated heterocycles. The minimum Gasteiger partial charge on any atom is -0.457 e. The molecule has 0 aliphatic rings. The molecule has 0 bridgehead atoms. The van der Waals surface area contributed by atoms with Crippen LogP contribution in [-0.2, 0) is 9.59 Å². The number of benzene rings is 2. The topological polar surface area (TPSA) is 80.3 Å². The van der Waals surface area contributed by atoms with Gasteiger partial charge in [0, 0.05) is 29.2 Å². The van der Waals surface area contributed by atoms with Crippen molar-refractivity contribution in [2.45, 2.75) is 6.42 Å². The number of anilines is 2. The van der Waals surface area contributed by atoms with Gasteiger partial charge in [-0.15, -0.1) is 0 Å². The molecule has 6 nitrogen and oxygen atoms in total. The first-order chi connectivity index (χ1) is 13.5. The Morgan fingerprint density at radius 2 is 1.64 bits per heavy atom. The van der Waals surface area contributed by atoms with E-state index in [4.69, 9.17) is 27.9 Å². The molecule has 2 amide bonds. The van der Waals surface area contributed by atoms with Crippen LogP contribution in [-0.4, -0.2) is 16.8 Å². The van der Waals surface area contributed by atoms with Crippen molar-refractivity contribution < 1.29 is 14.3 Å². The lowest BCUT2D eigenvalue weighted by molar-refractivity contribution is -0.123. The average molecular weight is 416 g/mol. The predicted molar refractivity (Wildman–Crippen MR) is 109 cm³/mol. The summed E-state index contributed by atoms with van der Waals surface area (Å²) in [5.74, 6) is 0.202. The SMILES string of the molecule is O=C(CC(=O)Nc1ccc(Cl)cc1Cl)Nc1cccc(Oc2ccncc2)c1. The summed E-state index contributed by atoms with van der Waals surface area (Å²) in [6, 6.07) is 15.0. The predicted octanol–water partition coefficient (Wildman–Crippen LogP) is 5.15. The number of hydrogen-bond donors (Lipinski definition) is 2. The number of hydrogen-bond acceptors (Lipinski definition) is 4. The second-order valence-electron chi connectivity index (χ2n) is 5.71. The lowest BCUT2D eigenvalue weighted by atomic mass is 10.2. The molecule has 1 aromatic heterocycles. The Hall–Kier alpha value is -3.09. The molecule has 0 unspecified atom stereocenters. The highest BCUT2D eigenvalue weighted by Crippen LogP contribution is 2.26. The van der Waals surface area contributed by atoms with E-state index >= 15 is 0 Å². The van der Waals surface area contributed by atoms with Crippen molar-refractivity contribution in [1.29, 1.82) is 0 Å². The van der Waals surface area contributed by atoms with Crippen LogP contribution in [0.4, 0.5) is 11.4 Å². The van der Waals surface area contributed by atoms with Gasteiger partial charge < -0.3 is 15.4 Å². The number of amides is 2. The third-order valence-electron chi connectivity index (χ3n) is 3.53. The Balaban J connectivity index is 1.57. The number of rotatable bonds is 6. The minimum atomic E-state index is -0.495. The first kappa shape index (κ1) is 19.7. The Bertz CT molecular complexity index is 997. The highest BCUT2D eigenvalue weighted by molar-refractivity contribution is 6.36. The molecule has 28 heavy (non-hydrogen) atoms. The van der Waals surface area contributed by atoms with Crippen LogP contribution >= 0.6 is 23.2 Å². The van der Waals surface area contributed by atoms with Gasteiger partial charge in [-0.1, -0.05) is 29.3 Å². The number of carbonyl (C=O) groups is 2. The summed E-state index contributed by atoms with van der Waals surface area (Å²) in [7, 11) is 0. The molecule has 0 atom stereocenters. The highest BCUT2D eigenvalue weighted by Gasteiger charge is 2.12. The van der Waals surface area contributed by atoms with Gasteiger partial charge in [0.2, 0.25) is 11.8 Å². The monoisotopic (exact) mass is 415 g/mol. The first-order valence-electron chi connectivity index (χ1n) is 8.22. The van der Waals surface area contributed by atoms with E-state index in [0.29, 0.717) is 32.9 Å². The van der Waals surface area contributed by atoms with Crippen LogP contribution in [0.2, 0.25) is 10.0 Å². The van der Waals surface area contributed by atoms with Crippen molar-refractivity contribution in [3.05, 3.63) is 77.0 Å². The van der Waals surface area contributed by atoms with Crippen molar-refractivity contribution in [3.8, 4) is 11.5 Å². The zero-order valence-electron chi connectivity index (χ0n) is 14.5. The second-order valence-corrected chi connectivity index (χ2v) is 6.55. The van der Waals surface area contributed by atoms with E-state index in [0.717, 1.165) is 0 Å². The van der Waals surface area contributed by atoms with Crippen LogP contribution in [0.3, 0.4) is 0 Å². The fraction of sp³-hybridized carbons (Fsp3) is 0.0500. The Morgan fingerprint density at radius 3 is 2.39 bits per heavy atom. The maximum absolute atomic E-state index is 12.1. The number of aromatic nitrogens is 1. The molecule has 0 radical (unpaired) electrons. The summed E-state index contributed by atoms with van der Waals surface area (Å²) in [4.78, 5) is 28.1. The van der Waals surface area contributed by atoms with Crippen LogP contribution < -0.4 is 15.4 Å². The summed E-state index contributed by atoms with van der Waals surface area (Å²) in [6.07, 6.45) is 2.87. The third kappa shape index (κ3) is 5.70. The van der Waals surface area contributed by atoms with Crippen molar-refractivity contribution in [2.75, 3.05) is 10.6 Å². The maximum Gasteiger partial charge on any atom is 0.233 e. The molecule has 142 valence electrons. The smallest absolute Gasteiger partial charge is 0.233 e. The molecule has 0 saturated carbocycles. The fourth-order valence-corrected chi connectivity index (χ4v) is 2.77. The quantitative estimate of drug-likeness (QED) is 0.545. The van der Waals surface area contributed by atoms with Crippen molar-refractivity contribution >= 4 is 46.4 Å². The molecule has 0 aliphatic carbocycles. The van der Waals surface area contributed by atoms with Gasteiger partial charge in [-0.05, 0) is 42.5 Å². The van der Waals surface area contributed by atoms with Gasteiger partial charge in [0.15, 0.2) is 0 Å². The van der Waals surface area contributed by atoms with Gasteiger partial charge in [-0.2, -0.15) is 0 Å². The molecule has 2 aromatic carbocycles. The van der Waals surface area contributed by atoms with E-state index in [1.807, 2.05) is 0 Å². The average Bonchev–Trinajstić information content (AvgIpc) is 2.65. The molecule has 1 heterocycles. The summed E-state index contributed by atoms with van der Waals surface area (Å²) >= 11 is 11.8. The number of carbonyl (C=O) groups excluding carboxylic acids is 2. The van der Waals surface area contributed by atoms with E-state index < -0.39 is 11.8 Å². The first-order valence-corrected chi connectivity index (χ1v) is 8.98. The van der Waals surface area contributed by atoms with Gasteiger partial charge in [-0.3, -0.25) is 14.6 Å². The standard InChI is InChI=1S/C20H15Cl2N3O3/c21-13-4-5-18(17(22)10-13)25-20(27)12-19(26)24-14-2-1-3-16(11-14)28-15-6-8-23-9-7-15/h1-11H,12H2,(H,24,26)(H,25,27). The molecule has 3 aromatic rings. The molecular formula is C20H15Cl2N3O3. The van der Waals surface area contributed by atoms with Gasteiger partial charge in [-0.25, -0.2) is 0 Å². The summed E-state index contributed by atoms with van der Waals surface area (Å²) in [5, 5.41) is 5.99. The number of pyridine rings is 1. The molecule has 0 aliphatic heterocycles. The van der Waals surface area contributed by atoms with Gasteiger partial charge in [0.25, 0.3) is 0 Å². The zero-order chi connectivity index (χ0) is 19.9. The van der Waals surface area contributed by atoms with Crippen molar-refractivity contribution in [3.63, 3.8) is 0 Å². The van der Waals surface area contributed by atoms with Crippen LogP contribution in [0.5, 0.6) is 11.5 Å². The van der Waals surface area contributed by atoms with Crippen LogP contribution in [0, 0.1) is 0 Å². The van der Waals surface area contributed by atoms with Crippen LogP contribution in [0.15, 0.2) is 67.0 Å². The number of ether oxygens (including phenoxy) is 1. The highest BCUT2D eigenvalue weighted by atomic mass is 35.5. The molecule has 8 heteroatoms. The summed E-state index contributed by atoms with van der Waals surface area (Å²) in [5.41, 5.74) is 0.894. The largest absolute Gasteiger partial charge is 0.457 e.